The van der Waals surface area contributed by atoms with Crippen molar-refractivity contribution in [3.63, 3.8) is 0 Å². The van der Waals surface area contributed by atoms with Crippen LogP contribution in [0.25, 0.3) is 0 Å². The van der Waals surface area contributed by atoms with Crippen molar-refractivity contribution in [1.82, 2.24) is 0 Å². The summed E-state index contributed by atoms with van der Waals surface area (Å²) in [5.74, 6) is 3.27. The van der Waals surface area contributed by atoms with Crippen LogP contribution in [0.15, 0.2) is 22.8 Å². The Balaban J connectivity index is 2.50. The van der Waals surface area contributed by atoms with E-state index in [9.17, 15) is 4.57 Å². The standard InChI is InChI=1S/C10H13O4PS/c1-3-8-16-15(11,13-4-2)14-9-10-6-5-7-12-10/h1,5-7H,4,8-9H2,2H3. The van der Waals surface area contributed by atoms with E-state index in [1.807, 2.05) is 0 Å². The van der Waals surface area contributed by atoms with Crippen LogP contribution >= 0.6 is 18.2 Å². The minimum atomic E-state index is -3.16. The molecule has 6 heteroatoms. The van der Waals surface area contributed by atoms with E-state index in [4.69, 9.17) is 19.9 Å². The maximum atomic E-state index is 12.0. The third kappa shape index (κ3) is 4.46. The van der Waals surface area contributed by atoms with Crippen molar-refractivity contribution in [3.8, 4) is 12.3 Å². The number of hydrogen-bond donors (Lipinski definition) is 0. The Bertz CT molecular complexity index is 382. The highest BCUT2D eigenvalue weighted by Gasteiger charge is 2.25. The van der Waals surface area contributed by atoms with Crippen LogP contribution in [0.1, 0.15) is 12.7 Å². The number of hydrogen-bond acceptors (Lipinski definition) is 5. The van der Waals surface area contributed by atoms with Gasteiger partial charge in [-0.1, -0.05) is 5.92 Å². The minimum Gasteiger partial charge on any atom is -0.467 e. The molecular formula is C10H13O4PS. The highest BCUT2D eigenvalue weighted by molar-refractivity contribution is 8.55. The zero-order chi connectivity index (χ0) is 11.9. The molecule has 1 atom stereocenters. The normalized spacial score (nSPS) is 14.2. The van der Waals surface area contributed by atoms with Gasteiger partial charge in [0.05, 0.1) is 18.6 Å². The Labute approximate surface area is 99.0 Å². The van der Waals surface area contributed by atoms with Gasteiger partial charge in [0.1, 0.15) is 12.4 Å². The quantitative estimate of drug-likeness (QED) is 0.556. The van der Waals surface area contributed by atoms with Crippen molar-refractivity contribution in [2.75, 3.05) is 12.4 Å². The van der Waals surface area contributed by atoms with Gasteiger partial charge < -0.3 is 8.94 Å². The molecule has 0 aliphatic carbocycles. The molecule has 0 saturated heterocycles. The SMILES string of the molecule is C#CCSP(=O)(OCC)OCc1ccco1. The summed E-state index contributed by atoms with van der Waals surface area (Å²) in [4.78, 5) is 0. The van der Waals surface area contributed by atoms with Crippen LogP contribution in [0.3, 0.4) is 0 Å². The molecule has 1 aromatic rings. The second kappa shape index (κ2) is 6.82. The van der Waals surface area contributed by atoms with Crippen LogP contribution in [-0.2, 0) is 20.2 Å². The molecule has 0 spiro atoms. The van der Waals surface area contributed by atoms with Crippen LogP contribution in [-0.4, -0.2) is 12.4 Å². The summed E-state index contributed by atoms with van der Waals surface area (Å²) in [6.45, 7) is -0.988. The molecule has 16 heavy (non-hydrogen) atoms. The van der Waals surface area contributed by atoms with Gasteiger partial charge in [0, 0.05) is 0 Å². The van der Waals surface area contributed by atoms with E-state index in [2.05, 4.69) is 5.92 Å². The smallest absolute Gasteiger partial charge is 0.390 e. The van der Waals surface area contributed by atoms with Gasteiger partial charge in [0.2, 0.25) is 0 Å². The van der Waals surface area contributed by atoms with Crippen molar-refractivity contribution >= 4 is 18.2 Å². The van der Waals surface area contributed by atoms with Crippen LogP contribution < -0.4 is 0 Å². The Morgan fingerprint density at radius 2 is 2.44 bits per heavy atom. The van der Waals surface area contributed by atoms with Gasteiger partial charge >= 0.3 is 6.80 Å². The lowest BCUT2D eigenvalue weighted by Gasteiger charge is -2.14. The van der Waals surface area contributed by atoms with Gasteiger partial charge in [-0.05, 0) is 30.4 Å². The molecule has 1 unspecified atom stereocenters. The van der Waals surface area contributed by atoms with E-state index in [1.54, 1.807) is 19.1 Å². The summed E-state index contributed by atoms with van der Waals surface area (Å²) >= 11 is 1.00. The molecule has 1 aromatic heterocycles. The van der Waals surface area contributed by atoms with Crippen LogP contribution in [0, 0.1) is 12.3 Å². The van der Waals surface area contributed by atoms with Crippen molar-refractivity contribution < 1.29 is 18.0 Å². The molecule has 0 aliphatic heterocycles. The Hall–Kier alpha value is -0.660. The van der Waals surface area contributed by atoms with Gasteiger partial charge in [0.15, 0.2) is 0 Å². The average molecular weight is 260 g/mol. The summed E-state index contributed by atoms with van der Waals surface area (Å²) in [5, 5.41) is 0. The highest BCUT2D eigenvalue weighted by Crippen LogP contribution is 2.60. The first-order chi connectivity index (χ1) is 7.70. The zero-order valence-corrected chi connectivity index (χ0v) is 10.6. The Kier molecular flexibility index (Phi) is 5.72. The summed E-state index contributed by atoms with van der Waals surface area (Å²) in [6.07, 6.45) is 6.63. The van der Waals surface area contributed by atoms with Crippen LogP contribution in [0.2, 0.25) is 0 Å². The third-order valence-corrected chi connectivity index (χ3v) is 5.14. The maximum absolute atomic E-state index is 12.0. The van der Waals surface area contributed by atoms with E-state index in [0.717, 1.165) is 11.4 Å². The first-order valence-electron chi connectivity index (χ1n) is 4.69. The van der Waals surface area contributed by atoms with Crippen LogP contribution in [0.5, 0.6) is 0 Å². The van der Waals surface area contributed by atoms with Gasteiger partial charge in [0.25, 0.3) is 0 Å². The Morgan fingerprint density at radius 1 is 1.62 bits per heavy atom. The molecule has 0 amide bonds. The zero-order valence-electron chi connectivity index (χ0n) is 8.92. The summed E-state index contributed by atoms with van der Waals surface area (Å²) in [7, 11) is 0. The molecule has 88 valence electrons. The van der Waals surface area contributed by atoms with E-state index in [-0.39, 0.29) is 12.4 Å². The number of rotatable bonds is 7. The Morgan fingerprint density at radius 3 is 3.00 bits per heavy atom. The van der Waals surface area contributed by atoms with E-state index in [0.29, 0.717) is 12.4 Å². The molecule has 0 saturated carbocycles. The highest BCUT2D eigenvalue weighted by atomic mass is 32.7. The molecule has 0 N–H and O–H groups in total. The third-order valence-electron chi connectivity index (χ3n) is 1.54. The fraction of sp³-hybridized carbons (Fsp3) is 0.400. The largest absolute Gasteiger partial charge is 0.467 e. The lowest BCUT2D eigenvalue weighted by molar-refractivity contribution is 0.206. The molecular weight excluding hydrogens is 247 g/mol. The van der Waals surface area contributed by atoms with Crippen molar-refractivity contribution in [3.05, 3.63) is 24.2 Å². The first-order valence-corrected chi connectivity index (χ1v) is 7.83. The lowest BCUT2D eigenvalue weighted by Crippen LogP contribution is -1.93. The maximum Gasteiger partial charge on any atom is 0.390 e. The molecule has 1 heterocycles. The van der Waals surface area contributed by atoms with Gasteiger partial charge in [-0.2, -0.15) is 0 Å². The molecule has 4 nitrogen and oxygen atoms in total. The molecule has 0 aliphatic rings. The minimum absolute atomic E-state index is 0.113. The van der Waals surface area contributed by atoms with Crippen molar-refractivity contribution in [1.29, 1.82) is 0 Å². The van der Waals surface area contributed by atoms with E-state index < -0.39 is 6.80 Å². The van der Waals surface area contributed by atoms with Crippen molar-refractivity contribution in [2.45, 2.75) is 13.5 Å². The fourth-order valence-corrected chi connectivity index (χ4v) is 3.60. The number of furan rings is 1. The lowest BCUT2D eigenvalue weighted by atomic mass is 10.5. The second-order valence-electron chi connectivity index (χ2n) is 2.70. The molecule has 1 rings (SSSR count). The molecule has 0 bridgehead atoms. The van der Waals surface area contributed by atoms with Gasteiger partial charge in [-0.25, -0.2) is 4.57 Å². The predicted octanol–water partition coefficient (Wildman–Crippen LogP) is 3.31. The number of terminal acetylenes is 1. The predicted molar refractivity (Wildman–Crippen MR) is 64.0 cm³/mol. The summed E-state index contributed by atoms with van der Waals surface area (Å²) < 4.78 is 27.4. The fourth-order valence-electron chi connectivity index (χ4n) is 0.924. The first kappa shape index (κ1) is 13.4. The van der Waals surface area contributed by atoms with Crippen molar-refractivity contribution in [2.24, 2.45) is 0 Å². The van der Waals surface area contributed by atoms with E-state index in [1.165, 1.54) is 6.26 Å². The summed E-state index contributed by atoms with van der Waals surface area (Å²) in [5.41, 5.74) is 0. The molecule has 0 aromatic carbocycles. The van der Waals surface area contributed by atoms with E-state index >= 15 is 0 Å². The van der Waals surface area contributed by atoms with Gasteiger partial charge in [-0.15, -0.1) is 6.42 Å². The van der Waals surface area contributed by atoms with Crippen LogP contribution in [0.4, 0.5) is 0 Å². The topological polar surface area (TPSA) is 48.7 Å². The van der Waals surface area contributed by atoms with Gasteiger partial charge in [-0.3, -0.25) is 4.52 Å². The second-order valence-corrected chi connectivity index (χ2v) is 6.77. The monoisotopic (exact) mass is 260 g/mol. The summed E-state index contributed by atoms with van der Waals surface area (Å²) in [6, 6.07) is 3.47. The molecule has 0 radical (unpaired) electrons. The molecule has 0 fully saturated rings. The average Bonchev–Trinajstić information content (AvgIpc) is 2.77.